The SMILES string of the molecule is C=C(C=CC(=O)O)C(=O)OC1CC2CCC1(C)C2(C)C.C=CC(=O)OC. The molecule has 6 nitrogen and oxygen atoms in total. The number of carbonyl (C=O) groups is 3. The highest BCUT2D eigenvalue weighted by atomic mass is 16.5. The summed E-state index contributed by atoms with van der Waals surface area (Å²) < 4.78 is 9.74. The van der Waals surface area contributed by atoms with Crippen LogP contribution in [0.2, 0.25) is 0 Å². The van der Waals surface area contributed by atoms with Gasteiger partial charge in [0.15, 0.2) is 0 Å². The van der Waals surface area contributed by atoms with Gasteiger partial charge in [0.2, 0.25) is 0 Å². The number of rotatable bonds is 5. The molecule has 1 N–H and O–H groups in total. The Kier molecular flexibility index (Phi) is 6.95. The van der Waals surface area contributed by atoms with Crippen molar-refractivity contribution in [3.8, 4) is 0 Å². The van der Waals surface area contributed by atoms with Gasteiger partial charge in [-0.3, -0.25) is 0 Å². The molecule has 0 amide bonds. The molecule has 2 rings (SSSR count). The zero-order valence-electron chi connectivity index (χ0n) is 15.9. The third-order valence-electron chi connectivity index (χ3n) is 6.02. The standard InChI is InChI=1S/C16H22O4.C4H6O2/c1-10(5-6-13(17)18)14(19)20-12-9-11-7-8-16(12,4)15(11,2)3;1-3-4(5)6-2/h5-6,11-12H,1,7-9H2,2-4H3,(H,17,18);3H,1H2,2H3. The lowest BCUT2D eigenvalue weighted by atomic mass is 9.70. The van der Waals surface area contributed by atoms with Gasteiger partial charge >= 0.3 is 17.9 Å². The molecule has 3 atom stereocenters. The first kappa shape index (κ1) is 21.7. The Morgan fingerprint density at radius 2 is 1.81 bits per heavy atom. The fraction of sp³-hybridized carbons (Fsp3) is 0.550. The molecular formula is C20H28O6. The number of hydrogen-bond acceptors (Lipinski definition) is 5. The van der Waals surface area contributed by atoms with Crippen molar-refractivity contribution in [1.82, 2.24) is 0 Å². The van der Waals surface area contributed by atoms with Crippen LogP contribution in [0.4, 0.5) is 0 Å². The third-order valence-corrected chi connectivity index (χ3v) is 6.02. The molecule has 0 aromatic carbocycles. The Morgan fingerprint density at radius 1 is 1.19 bits per heavy atom. The van der Waals surface area contributed by atoms with E-state index in [2.05, 4.69) is 38.7 Å². The fourth-order valence-corrected chi connectivity index (χ4v) is 3.84. The summed E-state index contributed by atoms with van der Waals surface area (Å²) in [6, 6.07) is 0. The minimum absolute atomic E-state index is 0.00409. The molecule has 6 heteroatoms. The van der Waals surface area contributed by atoms with Crippen LogP contribution in [0.25, 0.3) is 0 Å². The number of carbonyl (C=O) groups excluding carboxylic acids is 2. The minimum atomic E-state index is -1.10. The van der Waals surface area contributed by atoms with Crippen molar-refractivity contribution in [2.45, 2.75) is 46.1 Å². The van der Waals surface area contributed by atoms with Crippen LogP contribution in [-0.2, 0) is 23.9 Å². The number of ether oxygens (including phenoxy) is 2. The third kappa shape index (κ3) is 4.42. The van der Waals surface area contributed by atoms with Gasteiger partial charge in [-0.15, -0.1) is 0 Å². The highest BCUT2D eigenvalue weighted by Crippen LogP contribution is 2.66. The van der Waals surface area contributed by atoms with Crippen LogP contribution >= 0.6 is 0 Å². The predicted molar refractivity (Wildman–Crippen MR) is 97.2 cm³/mol. The van der Waals surface area contributed by atoms with E-state index in [0.717, 1.165) is 25.0 Å². The van der Waals surface area contributed by atoms with E-state index < -0.39 is 17.9 Å². The lowest BCUT2D eigenvalue weighted by Crippen LogP contribution is -2.38. The van der Waals surface area contributed by atoms with E-state index in [-0.39, 0.29) is 22.5 Å². The van der Waals surface area contributed by atoms with Gasteiger partial charge in [-0.1, -0.05) is 33.9 Å². The molecule has 2 bridgehead atoms. The van der Waals surface area contributed by atoms with Crippen molar-refractivity contribution >= 4 is 17.9 Å². The predicted octanol–water partition coefficient (Wildman–Crippen LogP) is 3.29. The van der Waals surface area contributed by atoms with Gasteiger partial charge in [-0.25, -0.2) is 14.4 Å². The number of aliphatic carboxylic acids is 1. The van der Waals surface area contributed by atoms with E-state index in [0.29, 0.717) is 5.92 Å². The van der Waals surface area contributed by atoms with Crippen LogP contribution in [0.5, 0.6) is 0 Å². The Balaban J connectivity index is 0.000000487. The Labute approximate surface area is 154 Å². The zero-order valence-corrected chi connectivity index (χ0v) is 15.9. The quantitative estimate of drug-likeness (QED) is 0.457. The van der Waals surface area contributed by atoms with Gasteiger partial charge < -0.3 is 14.6 Å². The lowest BCUT2D eigenvalue weighted by molar-refractivity contribution is -0.151. The lowest BCUT2D eigenvalue weighted by Gasteiger charge is -2.38. The van der Waals surface area contributed by atoms with E-state index in [4.69, 9.17) is 9.84 Å². The molecule has 0 aromatic heterocycles. The molecule has 2 aliphatic rings. The molecule has 2 fully saturated rings. The van der Waals surface area contributed by atoms with E-state index in [1.807, 2.05) is 0 Å². The van der Waals surface area contributed by atoms with Crippen molar-refractivity contribution in [2.75, 3.05) is 7.11 Å². The van der Waals surface area contributed by atoms with Crippen molar-refractivity contribution in [2.24, 2.45) is 16.7 Å². The van der Waals surface area contributed by atoms with Crippen LogP contribution in [0.1, 0.15) is 40.0 Å². The maximum Gasteiger partial charge on any atom is 0.337 e. The molecule has 0 heterocycles. The van der Waals surface area contributed by atoms with Crippen LogP contribution in [0, 0.1) is 16.7 Å². The maximum absolute atomic E-state index is 12.0. The zero-order chi connectivity index (χ0) is 20.1. The largest absolute Gasteiger partial charge is 0.478 e. The molecule has 2 aliphatic carbocycles. The molecule has 0 radical (unpaired) electrons. The van der Waals surface area contributed by atoms with Crippen molar-refractivity contribution < 1.29 is 29.0 Å². The second-order valence-electron chi connectivity index (χ2n) is 7.43. The van der Waals surface area contributed by atoms with Crippen LogP contribution in [0.3, 0.4) is 0 Å². The van der Waals surface area contributed by atoms with Crippen molar-refractivity contribution in [1.29, 1.82) is 0 Å². The van der Waals surface area contributed by atoms with Gasteiger partial charge in [0.1, 0.15) is 6.10 Å². The summed E-state index contributed by atoms with van der Waals surface area (Å²) in [6.45, 7) is 13.4. The molecule has 0 aromatic rings. The van der Waals surface area contributed by atoms with E-state index in [1.54, 1.807) is 0 Å². The Bertz CT molecular complexity index is 630. The van der Waals surface area contributed by atoms with Crippen LogP contribution in [-0.4, -0.2) is 36.2 Å². The normalized spacial score (nSPS) is 28.0. The Hall–Kier alpha value is -2.37. The van der Waals surface area contributed by atoms with E-state index in [9.17, 15) is 14.4 Å². The van der Waals surface area contributed by atoms with E-state index >= 15 is 0 Å². The minimum Gasteiger partial charge on any atom is -0.478 e. The number of fused-ring (bicyclic) bond motifs is 2. The summed E-state index contributed by atoms with van der Waals surface area (Å²) in [5, 5.41) is 8.54. The summed E-state index contributed by atoms with van der Waals surface area (Å²) in [5.41, 5.74) is 0.261. The molecule has 3 unspecified atom stereocenters. The summed E-state index contributed by atoms with van der Waals surface area (Å²) in [5.74, 6) is -1.42. The molecule has 0 aliphatic heterocycles. The van der Waals surface area contributed by atoms with Gasteiger partial charge in [-0.2, -0.15) is 0 Å². The second kappa shape index (κ2) is 8.34. The maximum atomic E-state index is 12.0. The molecule has 26 heavy (non-hydrogen) atoms. The first-order valence-corrected chi connectivity index (χ1v) is 8.50. The highest BCUT2D eigenvalue weighted by molar-refractivity contribution is 5.93. The average molecular weight is 364 g/mol. The van der Waals surface area contributed by atoms with Crippen molar-refractivity contribution in [3.63, 3.8) is 0 Å². The van der Waals surface area contributed by atoms with Gasteiger partial charge in [0.05, 0.1) is 12.7 Å². The molecular weight excluding hydrogens is 336 g/mol. The summed E-state index contributed by atoms with van der Waals surface area (Å²) in [7, 11) is 1.31. The summed E-state index contributed by atoms with van der Waals surface area (Å²) >= 11 is 0. The summed E-state index contributed by atoms with van der Waals surface area (Å²) in [6.07, 6.45) is 6.25. The number of methoxy groups -OCH3 is 1. The van der Waals surface area contributed by atoms with Gasteiger partial charge in [-0.05, 0) is 36.7 Å². The monoisotopic (exact) mass is 364 g/mol. The summed E-state index contributed by atoms with van der Waals surface area (Å²) in [4.78, 5) is 32.2. The number of hydrogen-bond donors (Lipinski definition) is 1. The molecule has 0 saturated heterocycles. The van der Waals surface area contributed by atoms with Gasteiger partial charge in [0, 0.05) is 17.6 Å². The molecule has 0 spiro atoms. The van der Waals surface area contributed by atoms with Crippen LogP contribution < -0.4 is 0 Å². The Morgan fingerprint density at radius 3 is 2.15 bits per heavy atom. The average Bonchev–Trinajstić information content (AvgIpc) is 2.92. The molecule has 2 saturated carbocycles. The number of esters is 2. The van der Waals surface area contributed by atoms with Crippen molar-refractivity contribution in [3.05, 3.63) is 37.0 Å². The smallest absolute Gasteiger partial charge is 0.337 e. The van der Waals surface area contributed by atoms with E-state index in [1.165, 1.54) is 19.6 Å². The topological polar surface area (TPSA) is 89.9 Å². The first-order chi connectivity index (χ1) is 12.0. The highest BCUT2D eigenvalue weighted by Gasteiger charge is 2.62. The van der Waals surface area contributed by atoms with Gasteiger partial charge in [0.25, 0.3) is 0 Å². The molecule has 144 valence electrons. The first-order valence-electron chi connectivity index (χ1n) is 8.50. The van der Waals surface area contributed by atoms with Crippen LogP contribution in [0.15, 0.2) is 37.0 Å². The second-order valence-corrected chi connectivity index (χ2v) is 7.43. The fourth-order valence-electron chi connectivity index (χ4n) is 3.84. The number of carboxylic acid groups (broad SMARTS) is 1. The number of carboxylic acids is 1.